The first-order valence-corrected chi connectivity index (χ1v) is 7.19. The van der Waals surface area contributed by atoms with Gasteiger partial charge in [0.2, 0.25) is 0 Å². The van der Waals surface area contributed by atoms with Crippen LogP contribution in [-0.4, -0.2) is 11.5 Å². The second-order valence-corrected chi connectivity index (χ2v) is 5.84. The molecule has 0 spiro atoms. The molecule has 0 heterocycles. The molecule has 1 fully saturated rings. The van der Waals surface area contributed by atoms with Gasteiger partial charge in [0.25, 0.3) is 5.69 Å². The number of hydrogen-bond donors (Lipinski definition) is 1. The van der Waals surface area contributed by atoms with Crippen molar-refractivity contribution in [3.8, 4) is 0 Å². The number of rotatable bonds is 5. The summed E-state index contributed by atoms with van der Waals surface area (Å²) in [6.45, 7) is 3.65. The maximum atomic E-state index is 13.3. The number of hydrogen-bond acceptors (Lipinski definition) is 3. The highest BCUT2D eigenvalue weighted by atomic mass is 19.1. The van der Waals surface area contributed by atoms with Crippen LogP contribution in [0.2, 0.25) is 0 Å². The van der Waals surface area contributed by atoms with Crippen molar-refractivity contribution in [1.82, 2.24) is 5.32 Å². The van der Waals surface area contributed by atoms with E-state index in [4.69, 9.17) is 0 Å². The molecule has 1 aliphatic carbocycles. The fourth-order valence-electron chi connectivity index (χ4n) is 3.01. The Labute approximate surface area is 118 Å². The second-order valence-electron chi connectivity index (χ2n) is 5.84. The van der Waals surface area contributed by atoms with Crippen molar-refractivity contribution in [2.75, 3.05) is 6.54 Å². The Balaban J connectivity index is 1.86. The molecule has 0 bridgehead atoms. The van der Waals surface area contributed by atoms with E-state index in [9.17, 15) is 14.5 Å². The van der Waals surface area contributed by atoms with Crippen LogP contribution in [-0.2, 0) is 6.54 Å². The molecule has 0 radical (unpaired) electrons. The average molecular weight is 280 g/mol. The third-order valence-electron chi connectivity index (χ3n) is 3.96. The smallest absolute Gasteiger partial charge is 0.272 e. The first kappa shape index (κ1) is 14.9. The predicted octanol–water partition coefficient (Wildman–Crippen LogP) is 3.65. The van der Waals surface area contributed by atoms with Crippen molar-refractivity contribution in [3.63, 3.8) is 0 Å². The lowest BCUT2D eigenvalue weighted by Crippen LogP contribution is -2.26. The zero-order valence-electron chi connectivity index (χ0n) is 11.8. The summed E-state index contributed by atoms with van der Waals surface area (Å²) in [5, 5.41) is 14.0. The van der Waals surface area contributed by atoms with Gasteiger partial charge in [-0.3, -0.25) is 10.1 Å². The van der Waals surface area contributed by atoms with Gasteiger partial charge < -0.3 is 5.32 Å². The summed E-state index contributed by atoms with van der Waals surface area (Å²) < 4.78 is 13.3. The summed E-state index contributed by atoms with van der Waals surface area (Å²) >= 11 is 0. The summed E-state index contributed by atoms with van der Waals surface area (Å²) in [5.74, 6) is 0.899. The molecule has 0 aliphatic heterocycles. The zero-order valence-corrected chi connectivity index (χ0v) is 11.8. The van der Waals surface area contributed by atoms with Crippen LogP contribution in [0.4, 0.5) is 10.1 Å². The summed E-state index contributed by atoms with van der Waals surface area (Å²) in [4.78, 5) is 10.1. The highest BCUT2D eigenvalue weighted by Crippen LogP contribution is 2.28. The van der Waals surface area contributed by atoms with Crippen LogP contribution in [0.1, 0.15) is 38.2 Å². The molecule has 20 heavy (non-hydrogen) atoms. The van der Waals surface area contributed by atoms with E-state index < -0.39 is 10.7 Å². The maximum Gasteiger partial charge on any atom is 0.272 e. The van der Waals surface area contributed by atoms with Crippen LogP contribution in [0, 0.1) is 27.8 Å². The molecule has 5 heteroatoms. The Morgan fingerprint density at radius 1 is 1.40 bits per heavy atom. The summed E-state index contributed by atoms with van der Waals surface area (Å²) in [7, 11) is 0. The molecule has 2 unspecified atom stereocenters. The van der Waals surface area contributed by atoms with Crippen molar-refractivity contribution in [3.05, 3.63) is 39.7 Å². The van der Waals surface area contributed by atoms with Gasteiger partial charge in [0.15, 0.2) is 0 Å². The number of nitrogens with one attached hydrogen (secondary N) is 1. The topological polar surface area (TPSA) is 55.2 Å². The Morgan fingerprint density at radius 3 is 2.90 bits per heavy atom. The molecule has 2 rings (SSSR count). The standard InChI is InChI=1S/C15H21FN2O2/c1-11-3-2-4-12(5-11)9-17-10-13-6-14(16)8-15(7-13)18(19)20/h6-8,11-12,17H,2-5,9-10H2,1H3. The van der Waals surface area contributed by atoms with Crippen molar-refractivity contribution in [2.45, 2.75) is 39.2 Å². The molecule has 0 amide bonds. The molecular formula is C15H21FN2O2. The lowest BCUT2D eigenvalue weighted by Gasteiger charge is -2.26. The van der Waals surface area contributed by atoms with Crippen molar-refractivity contribution in [2.24, 2.45) is 11.8 Å². The number of halogens is 1. The SMILES string of the molecule is CC1CCCC(CNCc2cc(F)cc([N+](=O)[O-])c2)C1. The number of non-ortho nitro benzene ring substituents is 1. The van der Waals surface area contributed by atoms with Gasteiger partial charge in [-0.1, -0.05) is 19.8 Å². The van der Waals surface area contributed by atoms with Crippen LogP contribution in [0.5, 0.6) is 0 Å². The van der Waals surface area contributed by atoms with E-state index in [1.165, 1.54) is 37.8 Å². The largest absolute Gasteiger partial charge is 0.312 e. The minimum Gasteiger partial charge on any atom is -0.312 e. The fourth-order valence-corrected chi connectivity index (χ4v) is 3.01. The number of nitrogens with zero attached hydrogens (tertiary/aromatic N) is 1. The molecule has 1 aliphatic rings. The van der Waals surface area contributed by atoms with Crippen molar-refractivity contribution in [1.29, 1.82) is 0 Å². The molecular weight excluding hydrogens is 259 g/mol. The van der Waals surface area contributed by atoms with E-state index in [1.54, 1.807) is 0 Å². The third kappa shape index (κ3) is 4.27. The van der Waals surface area contributed by atoms with E-state index in [2.05, 4.69) is 12.2 Å². The maximum absolute atomic E-state index is 13.3. The summed E-state index contributed by atoms with van der Waals surface area (Å²) in [6, 6.07) is 3.73. The van der Waals surface area contributed by atoms with E-state index in [0.717, 1.165) is 18.5 Å². The van der Waals surface area contributed by atoms with Gasteiger partial charge >= 0.3 is 0 Å². The molecule has 2 atom stereocenters. The first-order valence-electron chi connectivity index (χ1n) is 7.19. The van der Waals surface area contributed by atoms with Crippen LogP contribution in [0.15, 0.2) is 18.2 Å². The van der Waals surface area contributed by atoms with Gasteiger partial charge in [0.05, 0.1) is 11.0 Å². The van der Waals surface area contributed by atoms with Gasteiger partial charge in [0.1, 0.15) is 5.82 Å². The number of nitro groups is 1. The average Bonchev–Trinajstić information content (AvgIpc) is 2.38. The highest BCUT2D eigenvalue weighted by molar-refractivity contribution is 5.35. The molecule has 1 saturated carbocycles. The summed E-state index contributed by atoms with van der Waals surface area (Å²) in [6.07, 6.45) is 5.06. The minimum atomic E-state index is -0.560. The molecule has 1 aromatic rings. The van der Waals surface area contributed by atoms with Crippen LogP contribution < -0.4 is 5.32 Å². The highest BCUT2D eigenvalue weighted by Gasteiger charge is 2.18. The normalized spacial score (nSPS) is 22.7. The van der Waals surface area contributed by atoms with Gasteiger partial charge in [-0.05, 0) is 42.9 Å². The van der Waals surface area contributed by atoms with E-state index in [1.807, 2.05) is 0 Å². The quantitative estimate of drug-likeness (QED) is 0.661. The van der Waals surface area contributed by atoms with E-state index in [0.29, 0.717) is 18.0 Å². The molecule has 1 N–H and O–H groups in total. The Kier molecular flexibility index (Phi) is 5.06. The minimum absolute atomic E-state index is 0.187. The van der Waals surface area contributed by atoms with Crippen molar-refractivity contribution < 1.29 is 9.31 Å². The zero-order chi connectivity index (χ0) is 14.5. The number of benzene rings is 1. The second kappa shape index (κ2) is 6.79. The van der Waals surface area contributed by atoms with Gasteiger partial charge in [-0.25, -0.2) is 4.39 Å². The van der Waals surface area contributed by atoms with Crippen LogP contribution >= 0.6 is 0 Å². The predicted molar refractivity (Wildman–Crippen MR) is 75.9 cm³/mol. The van der Waals surface area contributed by atoms with E-state index in [-0.39, 0.29) is 5.69 Å². The summed E-state index contributed by atoms with van der Waals surface area (Å²) in [5.41, 5.74) is 0.439. The molecule has 0 saturated heterocycles. The van der Waals surface area contributed by atoms with E-state index >= 15 is 0 Å². The Hall–Kier alpha value is -1.49. The Bertz CT molecular complexity index is 479. The fraction of sp³-hybridized carbons (Fsp3) is 0.600. The molecule has 0 aromatic heterocycles. The monoisotopic (exact) mass is 280 g/mol. The molecule has 4 nitrogen and oxygen atoms in total. The molecule has 110 valence electrons. The van der Waals surface area contributed by atoms with Crippen LogP contribution in [0.25, 0.3) is 0 Å². The third-order valence-corrected chi connectivity index (χ3v) is 3.96. The first-order chi connectivity index (χ1) is 9.54. The van der Waals surface area contributed by atoms with Crippen LogP contribution in [0.3, 0.4) is 0 Å². The Morgan fingerprint density at radius 2 is 2.20 bits per heavy atom. The number of nitro benzene ring substituents is 1. The van der Waals surface area contributed by atoms with Gasteiger partial charge in [0, 0.05) is 12.6 Å². The van der Waals surface area contributed by atoms with Crippen molar-refractivity contribution >= 4 is 5.69 Å². The van der Waals surface area contributed by atoms with Gasteiger partial charge in [-0.2, -0.15) is 0 Å². The van der Waals surface area contributed by atoms with Gasteiger partial charge in [-0.15, -0.1) is 0 Å². The lowest BCUT2D eigenvalue weighted by atomic mass is 9.82. The molecule has 1 aromatic carbocycles. The lowest BCUT2D eigenvalue weighted by molar-refractivity contribution is -0.385.